The summed E-state index contributed by atoms with van der Waals surface area (Å²) in [6.45, 7) is 4.49. The monoisotopic (exact) mass is 566 g/mol. The van der Waals surface area contributed by atoms with Crippen LogP contribution in [0.25, 0.3) is 33.4 Å². The van der Waals surface area contributed by atoms with Gasteiger partial charge in [0, 0.05) is 11.1 Å². The number of benzene rings is 4. The van der Waals surface area contributed by atoms with Gasteiger partial charge in [0.2, 0.25) is 0 Å². The number of hydrogen-bond acceptors (Lipinski definition) is 0. The van der Waals surface area contributed by atoms with Crippen LogP contribution in [0.4, 0.5) is 8.78 Å². The standard InChI is InChI=1S/C40H48F2/c1-3-5-7-9-11-13-15-31-17-21-33(22-18-31)34-25-27-36(28-26-34)38-30-29-37(39(41)40(38)42)35-23-19-32(20-24-35)16-14-12-10-8-6-4-2/h17-30H,3-16H2,1-2H3. The van der Waals surface area contributed by atoms with Crippen LogP contribution in [0.15, 0.2) is 84.9 Å². The highest BCUT2D eigenvalue weighted by Crippen LogP contribution is 2.33. The van der Waals surface area contributed by atoms with Gasteiger partial charge in [-0.15, -0.1) is 0 Å². The molecule has 0 aliphatic rings. The lowest BCUT2D eigenvalue weighted by Crippen LogP contribution is -1.94. The molecule has 0 fully saturated rings. The number of rotatable bonds is 17. The molecule has 0 saturated heterocycles. The molecule has 0 heterocycles. The largest absolute Gasteiger partial charge is 0.203 e. The molecule has 42 heavy (non-hydrogen) atoms. The van der Waals surface area contributed by atoms with Crippen molar-refractivity contribution in [3.8, 4) is 33.4 Å². The van der Waals surface area contributed by atoms with E-state index in [-0.39, 0.29) is 5.56 Å². The van der Waals surface area contributed by atoms with Crippen molar-refractivity contribution in [2.45, 2.75) is 104 Å². The molecule has 0 spiro atoms. The smallest absolute Gasteiger partial charge is 0.167 e. The predicted octanol–water partition coefficient (Wildman–Crippen LogP) is 12.8. The van der Waals surface area contributed by atoms with Crippen LogP contribution >= 0.6 is 0 Å². The number of halogens is 2. The Hall–Kier alpha value is -3.26. The van der Waals surface area contributed by atoms with Crippen molar-refractivity contribution >= 4 is 0 Å². The molecule has 0 nitrogen and oxygen atoms in total. The summed E-state index contributed by atoms with van der Waals surface area (Å²) >= 11 is 0. The summed E-state index contributed by atoms with van der Waals surface area (Å²) in [5.74, 6) is -1.59. The van der Waals surface area contributed by atoms with Crippen molar-refractivity contribution in [2.75, 3.05) is 0 Å². The van der Waals surface area contributed by atoms with E-state index in [1.165, 1.54) is 88.2 Å². The Balaban J connectivity index is 1.35. The van der Waals surface area contributed by atoms with Gasteiger partial charge < -0.3 is 0 Å². The van der Waals surface area contributed by atoms with Crippen molar-refractivity contribution in [3.63, 3.8) is 0 Å². The van der Waals surface area contributed by atoms with Gasteiger partial charge in [0.05, 0.1) is 0 Å². The minimum absolute atomic E-state index is 0.289. The lowest BCUT2D eigenvalue weighted by molar-refractivity contribution is 0.514. The summed E-state index contributed by atoms with van der Waals surface area (Å²) in [5, 5.41) is 0. The molecule has 0 aliphatic heterocycles. The van der Waals surface area contributed by atoms with E-state index in [4.69, 9.17) is 0 Å². The maximum absolute atomic E-state index is 15.3. The van der Waals surface area contributed by atoms with E-state index in [2.05, 4.69) is 38.1 Å². The molecule has 0 saturated carbocycles. The average Bonchev–Trinajstić information content (AvgIpc) is 3.03. The fraction of sp³-hybridized carbons (Fsp3) is 0.400. The molecule has 0 unspecified atom stereocenters. The van der Waals surface area contributed by atoms with Gasteiger partial charge in [-0.05, 0) is 59.1 Å². The van der Waals surface area contributed by atoms with E-state index in [0.29, 0.717) is 16.7 Å². The molecular formula is C40H48F2. The van der Waals surface area contributed by atoms with Crippen molar-refractivity contribution < 1.29 is 8.78 Å². The van der Waals surface area contributed by atoms with Crippen LogP contribution in [-0.2, 0) is 12.8 Å². The van der Waals surface area contributed by atoms with Gasteiger partial charge >= 0.3 is 0 Å². The summed E-state index contributed by atoms with van der Waals surface area (Å²) in [6, 6.07) is 27.8. The van der Waals surface area contributed by atoms with Crippen LogP contribution in [0.3, 0.4) is 0 Å². The maximum Gasteiger partial charge on any atom is 0.167 e. The summed E-state index contributed by atoms with van der Waals surface area (Å²) in [4.78, 5) is 0. The Labute approximate surface area is 253 Å². The first-order valence-electron chi connectivity index (χ1n) is 16.4. The zero-order valence-corrected chi connectivity index (χ0v) is 25.7. The SMILES string of the molecule is CCCCCCCCc1ccc(-c2ccc(-c3ccc(-c4ccc(CCCCCCCC)cc4)c(F)c3F)cc2)cc1. The molecule has 0 atom stereocenters. The molecule has 222 valence electrons. The maximum atomic E-state index is 15.3. The van der Waals surface area contributed by atoms with Gasteiger partial charge in [0.15, 0.2) is 11.6 Å². The van der Waals surface area contributed by atoms with Gasteiger partial charge in [-0.25, -0.2) is 8.78 Å². The first-order valence-corrected chi connectivity index (χ1v) is 16.4. The van der Waals surface area contributed by atoms with Gasteiger partial charge in [-0.2, -0.15) is 0 Å². The molecule has 0 N–H and O–H groups in total. The van der Waals surface area contributed by atoms with E-state index in [9.17, 15) is 0 Å². The van der Waals surface area contributed by atoms with E-state index >= 15 is 8.78 Å². The van der Waals surface area contributed by atoms with Crippen molar-refractivity contribution in [2.24, 2.45) is 0 Å². The summed E-state index contributed by atoms with van der Waals surface area (Å²) in [5.41, 5.74) is 6.81. The molecule has 0 radical (unpaired) electrons. The van der Waals surface area contributed by atoms with Gasteiger partial charge in [-0.1, -0.05) is 163 Å². The van der Waals surface area contributed by atoms with Crippen LogP contribution < -0.4 is 0 Å². The summed E-state index contributed by atoms with van der Waals surface area (Å²) < 4.78 is 30.5. The van der Waals surface area contributed by atoms with E-state index in [0.717, 1.165) is 24.0 Å². The zero-order valence-electron chi connectivity index (χ0n) is 25.7. The van der Waals surface area contributed by atoms with Crippen LogP contribution in [0, 0.1) is 11.6 Å². The fourth-order valence-electron chi connectivity index (χ4n) is 5.77. The second-order valence-corrected chi connectivity index (χ2v) is 11.8. The van der Waals surface area contributed by atoms with E-state index in [1.54, 1.807) is 12.1 Å². The van der Waals surface area contributed by atoms with Gasteiger partial charge in [0.25, 0.3) is 0 Å². The highest BCUT2D eigenvalue weighted by atomic mass is 19.2. The lowest BCUT2D eigenvalue weighted by Gasteiger charge is -2.11. The Kier molecular flexibility index (Phi) is 12.8. The Bertz CT molecular complexity index is 1330. The molecule has 0 bridgehead atoms. The third kappa shape index (κ3) is 9.12. The molecule has 0 amide bonds. The van der Waals surface area contributed by atoms with Crippen LogP contribution in [0.2, 0.25) is 0 Å². The predicted molar refractivity (Wildman–Crippen MR) is 177 cm³/mol. The molecule has 2 heteroatoms. The summed E-state index contributed by atoms with van der Waals surface area (Å²) in [6.07, 6.45) is 17.6. The zero-order chi connectivity index (χ0) is 29.6. The van der Waals surface area contributed by atoms with Crippen molar-refractivity contribution in [3.05, 3.63) is 108 Å². The van der Waals surface area contributed by atoms with Gasteiger partial charge in [0.1, 0.15) is 0 Å². The molecule has 4 rings (SSSR count). The number of aryl methyl sites for hydroxylation is 2. The second kappa shape index (κ2) is 17.0. The minimum Gasteiger partial charge on any atom is -0.203 e. The topological polar surface area (TPSA) is 0 Å². The summed E-state index contributed by atoms with van der Waals surface area (Å²) in [7, 11) is 0. The Morgan fingerprint density at radius 2 is 0.667 bits per heavy atom. The van der Waals surface area contributed by atoms with Crippen molar-refractivity contribution in [1.29, 1.82) is 0 Å². The fourth-order valence-corrected chi connectivity index (χ4v) is 5.77. The number of hydrogen-bond donors (Lipinski definition) is 0. The molecular weight excluding hydrogens is 518 g/mol. The first-order chi connectivity index (χ1) is 20.6. The van der Waals surface area contributed by atoms with Crippen LogP contribution in [0.1, 0.15) is 102 Å². The second-order valence-electron chi connectivity index (χ2n) is 11.8. The van der Waals surface area contributed by atoms with Gasteiger partial charge in [-0.3, -0.25) is 0 Å². The molecule has 4 aromatic carbocycles. The van der Waals surface area contributed by atoms with Crippen molar-refractivity contribution in [1.82, 2.24) is 0 Å². The van der Waals surface area contributed by atoms with E-state index in [1.807, 2.05) is 48.5 Å². The quantitative estimate of drug-likeness (QED) is 0.112. The Morgan fingerprint density at radius 3 is 1.07 bits per heavy atom. The normalized spacial score (nSPS) is 11.2. The Morgan fingerprint density at radius 1 is 0.357 bits per heavy atom. The number of unbranched alkanes of at least 4 members (excludes halogenated alkanes) is 10. The third-order valence-electron chi connectivity index (χ3n) is 8.47. The average molecular weight is 567 g/mol. The molecule has 0 aliphatic carbocycles. The minimum atomic E-state index is -0.796. The molecule has 0 aromatic heterocycles. The lowest BCUT2D eigenvalue weighted by atomic mass is 9.95. The van der Waals surface area contributed by atoms with E-state index < -0.39 is 11.6 Å². The van der Waals surface area contributed by atoms with Crippen LogP contribution in [-0.4, -0.2) is 0 Å². The third-order valence-corrected chi connectivity index (χ3v) is 8.47. The highest BCUT2D eigenvalue weighted by Gasteiger charge is 2.16. The first kappa shape index (κ1) is 31.7. The molecule has 4 aromatic rings. The highest BCUT2D eigenvalue weighted by molar-refractivity contribution is 5.74. The van der Waals surface area contributed by atoms with Crippen LogP contribution in [0.5, 0.6) is 0 Å².